The SMILES string of the molecule is C#CCn1nnnc1SCC1=C(C(=O)O)N2C(=O)C(NC(=O)CSCC=C)[C@H]2SC1. The smallest absolute Gasteiger partial charge is 0.352 e. The number of hydrogen-bond donors (Lipinski definition) is 2. The second-order valence-electron chi connectivity index (χ2n) is 6.13. The summed E-state index contributed by atoms with van der Waals surface area (Å²) in [5.74, 6) is 2.13. The van der Waals surface area contributed by atoms with Crippen molar-refractivity contribution in [2.75, 3.05) is 23.0 Å². The maximum absolute atomic E-state index is 12.6. The molecule has 0 bridgehead atoms. The van der Waals surface area contributed by atoms with E-state index in [1.54, 1.807) is 6.08 Å². The average molecular weight is 467 g/mol. The molecule has 0 saturated carbocycles. The van der Waals surface area contributed by atoms with E-state index in [0.717, 1.165) is 0 Å². The summed E-state index contributed by atoms with van der Waals surface area (Å²) in [6.45, 7) is 3.79. The molecule has 0 radical (unpaired) electrons. The third-order valence-electron chi connectivity index (χ3n) is 4.15. The summed E-state index contributed by atoms with van der Waals surface area (Å²) < 4.78 is 1.44. The van der Waals surface area contributed by atoms with E-state index in [4.69, 9.17) is 6.42 Å². The highest BCUT2D eigenvalue weighted by molar-refractivity contribution is 8.01. The molecule has 3 heterocycles. The number of terminal acetylenes is 1. The number of thioether (sulfide) groups is 3. The van der Waals surface area contributed by atoms with E-state index in [-0.39, 0.29) is 23.9 Å². The van der Waals surface area contributed by atoms with Crippen LogP contribution in [0.5, 0.6) is 0 Å². The van der Waals surface area contributed by atoms with Crippen molar-refractivity contribution < 1.29 is 19.5 Å². The maximum Gasteiger partial charge on any atom is 0.352 e. The number of nitrogens with zero attached hydrogens (tertiary/aromatic N) is 5. The quantitative estimate of drug-likeness (QED) is 0.160. The number of amides is 2. The third kappa shape index (κ3) is 4.66. The van der Waals surface area contributed by atoms with E-state index in [9.17, 15) is 19.5 Å². The van der Waals surface area contributed by atoms with E-state index in [0.29, 0.717) is 28.0 Å². The van der Waals surface area contributed by atoms with Gasteiger partial charge in [0.1, 0.15) is 23.7 Å². The largest absolute Gasteiger partial charge is 0.477 e. The van der Waals surface area contributed by atoms with Crippen LogP contribution in [0, 0.1) is 12.3 Å². The minimum atomic E-state index is -1.18. The van der Waals surface area contributed by atoms with E-state index in [1.807, 2.05) is 0 Å². The lowest BCUT2D eigenvalue weighted by Crippen LogP contribution is -2.70. The van der Waals surface area contributed by atoms with Gasteiger partial charge in [-0.3, -0.25) is 14.5 Å². The number of nitrogens with one attached hydrogen (secondary N) is 1. The molecule has 1 fully saturated rings. The second-order valence-corrected chi connectivity index (χ2v) is 9.21. The highest BCUT2D eigenvalue weighted by Crippen LogP contribution is 2.41. The molecule has 2 aliphatic rings. The van der Waals surface area contributed by atoms with Crippen LogP contribution in [0.15, 0.2) is 29.1 Å². The van der Waals surface area contributed by atoms with Gasteiger partial charge in [-0.15, -0.1) is 41.6 Å². The number of carboxylic acid groups (broad SMARTS) is 1. The Bertz CT molecular complexity index is 940. The molecule has 1 aromatic rings. The lowest BCUT2D eigenvalue weighted by atomic mass is 10.0. The fourth-order valence-electron chi connectivity index (χ4n) is 2.88. The predicted molar refractivity (Wildman–Crippen MR) is 115 cm³/mol. The molecule has 2 amide bonds. The number of carbonyl (C=O) groups is 3. The first-order chi connectivity index (χ1) is 14.5. The summed E-state index contributed by atoms with van der Waals surface area (Å²) in [4.78, 5) is 37.8. The lowest BCUT2D eigenvalue weighted by Gasteiger charge is -2.49. The topological polar surface area (TPSA) is 130 Å². The first-order valence-electron chi connectivity index (χ1n) is 8.68. The van der Waals surface area contributed by atoms with Gasteiger partial charge in [0.2, 0.25) is 11.1 Å². The summed E-state index contributed by atoms with van der Waals surface area (Å²) >= 11 is 4.05. The van der Waals surface area contributed by atoms with Gasteiger partial charge in [-0.05, 0) is 16.0 Å². The highest BCUT2D eigenvalue weighted by atomic mass is 32.2. The Hall–Kier alpha value is -2.43. The zero-order valence-electron chi connectivity index (χ0n) is 15.7. The molecule has 1 aromatic heterocycles. The molecule has 30 heavy (non-hydrogen) atoms. The molecular weight excluding hydrogens is 448 g/mol. The van der Waals surface area contributed by atoms with Gasteiger partial charge >= 0.3 is 5.97 Å². The Kier molecular flexibility index (Phi) is 7.46. The molecule has 3 rings (SSSR count). The fraction of sp³-hybridized carbons (Fsp3) is 0.412. The number of aliphatic carboxylic acids is 1. The van der Waals surface area contributed by atoms with Crippen LogP contribution < -0.4 is 5.32 Å². The molecule has 10 nitrogen and oxygen atoms in total. The molecule has 1 unspecified atom stereocenters. The normalized spacial score (nSPS) is 20.2. The van der Waals surface area contributed by atoms with Crippen molar-refractivity contribution in [3.63, 3.8) is 0 Å². The van der Waals surface area contributed by atoms with Gasteiger partial charge in [0.05, 0.1) is 5.75 Å². The minimum absolute atomic E-state index is 0.0428. The molecule has 0 spiro atoms. The predicted octanol–water partition coefficient (Wildman–Crippen LogP) is 0.0562. The number of β-lactam (4-membered cyclic amide) rings is 1. The highest BCUT2D eigenvalue weighted by Gasteiger charge is 2.54. The van der Waals surface area contributed by atoms with E-state index < -0.39 is 23.3 Å². The number of hydrogen-bond acceptors (Lipinski definition) is 9. The number of fused-ring (bicyclic) bond motifs is 1. The fourth-order valence-corrected chi connectivity index (χ4v) is 5.80. The molecule has 2 atom stereocenters. The average Bonchev–Trinajstić information content (AvgIpc) is 3.17. The number of carbonyl (C=O) groups excluding carboxylic acids is 2. The van der Waals surface area contributed by atoms with Crippen molar-refractivity contribution >= 4 is 53.1 Å². The Labute approximate surface area is 185 Å². The minimum Gasteiger partial charge on any atom is -0.477 e. The van der Waals surface area contributed by atoms with Crippen molar-refractivity contribution in [3.8, 4) is 12.3 Å². The molecular formula is C17H18N6O4S3. The zero-order valence-corrected chi connectivity index (χ0v) is 18.1. The number of carboxylic acids is 1. The molecule has 1 saturated heterocycles. The van der Waals surface area contributed by atoms with Crippen molar-refractivity contribution in [2.45, 2.75) is 23.1 Å². The van der Waals surface area contributed by atoms with Crippen molar-refractivity contribution in [1.82, 2.24) is 30.4 Å². The van der Waals surface area contributed by atoms with Crippen LogP contribution in [-0.2, 0) is 20.9 Å². The second kappa shape index (κ2) is 10.1. The first-order valence-corrected chi connectivity index (χ1v) is 11.9. The van der Waals surface area contributed by atoms with E-state index in [1.165, 1.54) is 44.9 Å². The Balaban J connectivity index is 1.68. The van der Waals surface area contributed by atoms with Crippen LogP contribution >= 0.6 is 35.3 Å². The summed E-state index contributed by atoms with van der Waals surface area (Å²) in [5, 5.41) is 23.7. The van der Waals surface area contributed by atoms with E-state index in [2.05, 4.69) is 33.3 Å². The molecule has 0 aliphatic carbocycles. The monoisotopic (exact) mass is 466 g/mol. The van der Waals surface area contributed by atoms with Crippen LogP contribution in [0.2, 0.25) is 0 Å². The molecule has 0 aromatic carbocycles. The van der Waals surface area contributed by atoms with Crippen LogP contribution in [0.25, 0.3) is 0 Å². The standard InChI is InChI=1S/C17H18N6O4S3/c1-3-5-22-17(19-20-21-22)30-8-10-7-29-15-12(18-11(24)9-28-6-4-2)14(25)23(15)13(10)16(26)27/h1,4,12,15H,2,5-9H2,(H,18,24)(H,26,27)/t12?,15-/m1/s1. The van der Waals surface area contributed by atoms with Crippen molar-refractivity contribution in [1.29, 1.82) is 0 Å². The molecule has 2 N–H and O–H groups in total. The lowest BCUT2D eigenvalue weighted by molar-refractivity contribution is -0.150. The number of rotatable bonds is 10. The van der Waals surface area contributed by atoms with Gasteiger partial charge in [-0.25, -0.2) is 9.48 Å². The third-order valence-corrected chi connectivity index (χ3v) is 7.47. The molecule has 158 valence electrons. The Morgan fingerprint density at radius 3 is 3.00 bits per heavy atom. The first kappa shape index (κ1) is 22.3. The van der Waals surface area contributed by atoms with Crippen LogP contribution in [0.1, 0.15) is 0 Å². The summed E-state index contributed by atoms with van der Waals surface area (Å²) in [7, 11) is 0. The van der Waals surface area contributed by atoms with Gasteiger partial charge in [0, 0.05) is 17.3 Å². The van der Waals surface area contributed by atoms with Crippen molar-refractivity contribution in [3.05, 3.63) is 23.9 Å². The summed E-state index contributed by atoms with van der Waals surface area (Å²) in [5.41, 5.74) is 0.544. The van der Waals surface area contributed by atoms with Crippen molar-refractivity contribution in [2.24, 2.45) is 0 Å². The summed E-state index contributed by atoms with van der Waals surface area (Å²) in [6, 6.07) is -0.724. The number of aromatic nitrogens is 4. The van der Waals surface area contributed by atoms with Gasteiger partial charge in [0.25, 0.3) is 5.91 Å². The van der Waals surface area contributed by atoms with Crippen LogP contribution in [0.3, 0.4) is 0 Å². The van der Waals surface area contributed by atoms with Gasteiger partial charge in [-0.2, -0.15) is 0 Å². The van der Waals surface area contributed by atoms with Crippen LogP contribution in [0.4, 0.5) is 0 Å². The summed E-state index contributed by atoms with van der Waals surface area (Å²) in [6.07, 6.45) is 6.98. The Morgan fingerprint density at radius 2 is 2.30 bits per heavy atom. The van der Waals surface area contributed by atoms with Gasteiger partial charge in [-0.1, -0.05) is 23.8 Å². The van der Waals surface area contributed by atoms with Crippen LogP contribution in [-0.4, -0.2) is 82.4 Å². The maximum atomic E-state index is 12.6. The number of tetrazole rings is 1. The van der Waals surface area contributed by atoms with Gasteiger partial charge < -0.3 is 10.4 Å². The van der Waals surface area contributed by atoms with E-state index >= 15 is 0 Å². The zero-order chi connectivity index (χ0) is 21.7. The van der Waals surface area contributed by atoms with Gasteiger partial charge in [0.15, 0.2) is 0 Å². The molecule has 13 heteroatoms. The Morgan fingerprint density at radius 1 is 1.50 bits per heavy atom. The molecule has 2 aliphatic heterocycles.